The summed E-state index contributed by atoms with van der Waals surface area (Å²) in [4.78, 5) is 50.5. The van der Waals surface area contributed by atoms with E-state index in [9.17, 15) is 44.7 Å². The fourth-order valence-electron chi connectivity index (χ4n) is 6.06. The number of primary amides is 1. The van der Waals surface area contributed by atoms with E-state index in [1.165, 1.54) is 6.07 Å². The Kier molecular flexibility index (Phi) is 6.09. The number of benzene rings is 1. The third-order valence-electron chi connectivity index (χ3n) is 7.59. The summed E-state index contributed by atoms with van der Waals surface area (Å²) >= 11 is 0. The molecule has 5 atom stereocenters. The van der Waals surface area contributed by atoms with Crippen LogP contribution >= 0.6 is 0 Å². The van der Waals surface area contributed by atoms with E-state index in [0.29, 0.717) is 17.5 Å². The van der Waals surface area contributed by atoms with Gasteiger partial charge < -0.3 is 31.3 Å². The zero-order valence-corrected chi connectivity index (χ0v) is 20.1. The summed E-state index contributed by atoms with van der Waals surface area (Å²) in [5.74, 6) is -9.19. The molecule has 3 aliphatic carbocycles. The number of carbonyl (C=O) groups excluding carboxylic acids is 4. The molecule has 192 valence electrons. The van der Waals surface area contributed by atoms with Crippen LogP contribution in [0.15, 0.2) is 29.0 Å². The summed E-state index contributed by atoms with van der Waals surface area (Å²) in [6, 6.07) is 2.83. The molecule has 0 heterocycles. The number of phenolic OH excluding ortho intramolecular Hbond substituents is 1. The molecular weight excluding hydrogens is 470 g/mol. The predicted octanol–water partition coefficient (Wildman–Crippen LogP) is 1.11. The van der Waals surface area contributed by atoms with Gasteiger partial charge in [0.25, 0.3) is 5.91 Å². The van der Waals surface area contributed by atoms with E-state index >= 15 is 0 Å². The number of carbonyl (C=O) groups is 4. The van der Waals surface area contributed by atoms with Crippen LogP contribution in [0.5, 0.6) is 5.75 Å². The first-order chi connectivity index (χ1) is 16.7. The number of hydrogen-bond acceptors (Lipinski definition) is 9. The van der Waals surface area contributed by atoms with Gasteiger partial charge in [0.2, 0.25) is 5.78 Å². The monoisotopic (exact) mass is 499 g/mol. The van der Waals surface area contributed by atoms with E-state index in [2.05, 4.69) is 0 Å². The molecule has 5 unspecified atom stereocenters. The molecule has 1 fully saturated rings. The number of fused-ring (bicyclic) bond motifs is 3. The number of aliphatic hydroxyl groups excluding tert-OH is 3. The zero-order valence-electron chi connectivity index (χ0n) is 20.1. The standard InChI is InChI=1S/C26H29NO9/c1-9(2)6-12(28)7-11-4-5-14(29)18-16(11)10(3)17-20(22(18)32)24(34)26(36)13(21(17)31)8-15(30)19(23(26)33)25(27)35/h4-5,9-10,13,17,21,29,31-33,36H,6-8H2,1-3H3,(H2,27,35). The Labute approximate surface area is 206 Å². The van der Waals surface area contributed by atoms with Gasteiger partial charge in [-0.3, -0.25) is 19.2 Å². The second kappa shape index (κ2) is 8.56. The van der Waals surface area contributed by atoms with E-state index in [1.54, 1.807) is 13.0 Å². The summed E-state index contributed by atoms with van der Waals surface area (Å²) in [7, 11) is 0. The Morgan fingerprint density at radius 3 is 2.39 bits per heavy atom. The molecule has 0 radical (unpaired) electrons. The predicted molar refractivity (Wildman–Crippen MR) is 126 cm³/mol. The first-order valence-corrected chi connectivity index (χ1v) is 11.7. The molecule has 0 saturated heterocycles. The second-order valence-corrected chi connectivity index (χ2v) is 10.3. The van der Waals surface area contributed by atoms with Crippen LogP contribution in [0.1, 0.15) is 56.2 Å². The van der Waals surface area contributed by atoms with Gasteiger partial charge in [0.1, 0.15) is 28.6 Å². The lowest BCUT2D eigenvalue weighted by atomic mass is 9.55. The fourth-order valence-corrected chi connectivity index (χ4v) is 6.06. The quantitative estimate of drug-likeness (QED) is 0.322. The molecule has 36 heavy (non-hydrogen) atoms. The Hall–Kier alpha value is -3.50. The maximum Gasteiger partial charge on any atom is 0.255 e. The lowest BCUT2D eigenvalue weighted by Gasteiger charge is -2.50. The van der Waals surface area contributed by atoms with Crippen LogP contribution in [-0.4, -0.2) is 60.5 Å². The summed E-state index contributed by atoms with van der Waals surface area (Å²) in [6.45, 7) is 5.44. The van der Waals surface area contributed by atoms with E-state index in [0.717, 1.165) is 0 Å². The van der Waals surface area contributed by atoms with Crippen LogP contribution in [-0.2, 0) is 25.6 Å². The molecule has 0 bridgehead atoms. The van der Waals surface area contributed by atoms with Crippen LogP contribution < -0.4 is 5.73 Å². The highest BCUT2D eigenvalue weighted by molar-refractivity contribution is 6.23. The number of amides is 1. The summed E-state index contributed by atoms with van der Waals surface area (Å²) < 4.78 is 0. The number of hydrogen-bond donors (Lipinski definition) is 6. The molecule has 1 aromatic rings. The van der Waals surface area contributed by atoms with Gasteiger partial charge in [-0.05, 0) is 29.0 Å². The van der Waals surface area contributed by atoms with Crippen molar-refractivity contribution in [1.29, 1.82) is 0 Å². The van der Waals surface area contributed by atoms with Crippen molar-refractivity contribution in [3.05, 3.63) is 45.7 Å². The largest absolute Gasteiger partial charge is 0.508 e. The molecule has 10 heteroatoms. The number of nitrogens with two attached hydrogens (primary N) is 1. The molecule has 3 aliphatic rings. The minimum absolute atomic E-state index is 0.00184. The third kappa shape index (κ3) is 3.47. The van der Waals surface area contributed by atoms with Crippen molar-refractivity contribution >= 4 is 29.0 Å². The molecule has 7 N–H and O–H groups in total. The fraction of sp³-hybridized carbons (Fsp3) is 0.462. The Bertz CT molecular complexity index is 1270. The molecular formula is C26H29NO9. The minimum atomic E-state index is -2.88. The average Bonchev–Trinajstić information content (AvgIpc) is 2.77. The molecule has 0 spiro atoms. The van der Waals surface area contributed by atoms with Gasteiger partial charge in [-0.1, -0.05) is 26.8 Å². The zero-order chi connectivity index (χ0) is 26.9. The van der Waals surface area contributed by atoms with E-state index < -0.39 is 76.0 Å². The molecule has 4 rings (SSSR count). The lowest BCUT2D eigenvalue weighted by molar-refractivity contribution is -0.160. The van der Waals surface area contributed by atoms with Gasteiger partial charge in [-0.25, -0.2) is 0 Å². The van der Waals surface area contributed by atoms with E-state index in [1.807, 2.05) is 13.8 Å². The normalized spacial score (nSPS) is 29.7. The second-order valence-electron chi connectivity index (χ2n) is 10.3. The van der Waals surface area contributed by atoms with E-state index in [4.69, 9.17) is 5.73 Å². The summed E-state index contributed by atoms with van der Waals surface area (Å²) in [5, 5.41) is 55.1. The third-order valence-corrected chi connectivity index (χ3v) is 7.59. The minimum Gasteiger partial charge on any atom is -0.508 e. The van der Waals surface area contributed by atoms with Crippen molar-refractivity contribution in [2.24, 2.45) is 23.5 Å². The van der Waals surface area contributed by atoms with Crippen LogP contribution in [0.3, 0.4) is 0 Å². The van der Waals surface area contributed by atoms with Gasteiger partial charge in [-0.2, -0.15) is 0 Å². The van der Waals surface area contributed by atoms with Gasteiger partial charge in [0.05, 0.1) is 11.7 Å². The van der Waals surface area contributed by atoms with Crippen LogP contribution in [0, 0.1) is 17.8 Å². The Morgan fingerprint density at radius 2 is 1.81 bits per heavy atom. The van der Waals surface area contributed by atoms with Crippen molar-refractivity contribution in [3.63, 3.8) is 0 Å². The SMILES string of the molecule is CC(C)CC(=O)Cc1ccc(O)c2c1C(C)C1C(=C2O)C(=O)C2(O)C(O)=C(C(N)=O)C(=O)CC2C1O. The number of aliphatic hydroxyl groups is 4. The first-order valence-electron chi connectivity index (χ1n) is 11.7. The Morgan fingerprint density at radius 1 is 1.17 bits per heavy atom. The number of ketones is 3. The van der Waals surface area contributed by atoms with Gasteiger partial charge in [0, 0.05) is 36.7 Å². The van der Waals surface area contributed by atoms with Gasteiger partial charge in [-0.15, -0.1) is 0 Å². The average molecular weight is 500 g/mol. The molecule has 0 aliphatic heterocycles. The first kappa shape index (κ1) is 25.6. The molecule has 1 amide bonds. The topological polar surface area (TPSA) is 195 Å². The highest BCUT2D eigenvalue weighted by Gasteiger charge is 2.65. The van der Waals surface area contributed by atoms with Crippen molar-refractivity contribution in [1.82, 2.24) is 0 Å². The maximum absolute atomic E-state index is 13.6. The Balaban J connectivity index is 1.94. The smallest absolute Gasteiger partial charge is 0.255 e. The van der Waals surface area contributed by atoms with Crippen LogP contribution in [0.25, 0.3) is 5.76 Å². The molecule has 0 aromatic heterocycles. The molecule has 1 aromatic carbocycles. The van der Waals surface area contributed by atoms with E-state index in [-0.39, 0.29) is 29.4 Å². The van der Waals surface area contributed by atoms with Crippen LogP contribution in [0.2, 0.25) is 0 Å². The number of Topliss-reactive ketones (excluding diaryl/α,β-unsaturated/α-hetero) is 3. The van der Waals surface area contributed by atoms with Crippen molar-refractivity contribution in [2.45, 2.75) is 57.7 Å². The molecule has 1 saturated carbocycles. The lowest BCUT2D eigenvalue weighted by Crippen LogP contribution is -2.64. The van der Waals surface area contributed by atoms with Crippen molar-refractivity contribution in [2.75, 3.05) is 0 Å². The van der Waals surface area contributed by atoms with Crippen LogP contribution in [0.4, 0.5) is 0 Å². The molecule has 10 nitrogen and oxygen atoms in total. The number of phenols is 1. The summed E-state index contributed by atoms with van der Waals surface area (Å²) in [5.41, 5.74) is 1.67. The number of aromatic hydroxyl groups is 1. The van der Waals surface area contributed by atoms with Gasteiger partial charge >= 0.3 is 0 Å². The number of rotatable bonds is 5. The maximum atomic E-state index is 13.6. The van der Waals surface area contributed by atoms with Gasteiger partial charge in [0.15, 0.2) is 11.4 Å². The van der Waals surface area contributed by atoms with Crippen molar-refractivity contribution < 1.29 is 44.7 Å². The highest BCUT2D eigenvalue weighted by Crippen LogP contribution is 2.56. The highest BCUT2D eigenvalue weighted by atomic mass is 16.4. The van der Waals surface area contributed by atoms with Crippen molar-refractivity contribution in [3.8, 4) is 5.75 Å². The summed E-state index contributed by atoms with van der Waals surface area (Å²) in [6.07, 6.45) is -1.94.